The van der Waals surface area contributed by atoms with Gasteiger partial charge in [0.15, 0.2) is 5.13 Å². The van der Waals surface area contributed by atoms with E-state index in [0.29, 0.717) is 5.13 Å². The molecular formula is C13H16N2OS. The van der Waals surface area contributed by atoms with Gasteiger partial charge in [0, 0.05) is 5.38 Å². The van der Waals surface area contributed by atoms with Crippen molar-refractivity contribution in [3.05, 3.63) is 40.4 Å². The molecule has 90 valence electrons. The summed E-state index contributed by atoms with van der Waals surface area (Å²) in [7, 11) is 0. The van der Waals surface area contributed by atoms with E-state index in [9.17, 15) is 0 Å². The number of nitrogen functional groups attached to an aromatic ring is 1. The Kier molecular flexibility index (Phi) is 3.33. The average Bonchev–Trinajstić information content (AvgIpc) is 2.69. The Morgan fingerprint density at radius 2 is 2.12 bits per heavy atom. The number of aryl methyl sites for hydroxylation is 2. The summed E-state index contributed by atoms with van der Waals surface area (Å²) in [6.45, 7) is 6.10. The van der Waals surface area contributed by atoms with Gasteiger partial charge < -0.3 is 10.5 Å². The van der Waals surface area contributed by atoms with Gasteiger partial charge in [-0.2, -0.15) is 0 Å². The van der Waals surface area contributed by atoms with Gasteiger partial charge in [0.2, 0.25) is 0 Å². The highest BCUT2D eigenvalue weighted by Crippen LogP contribution is 2.26. The second-order valence-corrected chi connectivity index (χ2v) is 5.03. The molecule has 4 heteroatoms. The first kappa shape index (κ1) is 11.9. The Balaban J connectivity index is 2.15. The topological polar surface area (TPSA) is 48.1 Å². The fraction of sp³-hybridized carbons (Fsp3) is 0.308. The molecule has 1 heterocycles. The van der Waals surface area contributed by atoms with Gasteiger partial charge in [0.1, 0.15) is 11.9 Å². The molecule has 1 aromatic carbocycles. The van der Waals surface area contributed by atoms with E-state index >= 15 is 0 Å². The van der Waals surface area contributed by atoms with Crippen molar-refractivity contribution < 1.29 is 4.74 Å². The van der Waals surface area contributed by atoms with Crippen LogP contribution in [0.5, 0.6) is 5.75 Å². The van der Waals surface area contributed by atoms with Crippen LogP contribution in [0.1, 0.15) is 29.8 Å². The Morgan fingerprint density at radius 3 is 2.71 bits per heavy atom. The third-order valence-corrected chi connectivity index (χ3v) is 3.28. The van der Waals surface area contributed by atoms with E-state index < -0.39 is 0 Å². The zero-order valence-electron chi connectivity index (χ0n) is 10.2. The van der Waals surface area contributed by atoms with Crippen LogP contribution in [-0.2, 0) is 0 Å². The van der Waals surface area contributed by atoms with Crippen molar-refractivity contribution in [1.82, 2.24) is 4.98 Å². The zero-order chi connectivity index (χ0) is 12.4. The van der Waals surface area contributed by atoms with Crippen LogP contribution >= 0.6 is 11.3 Å². The van der Waals surface area contributed by atoms with Gasteiger partial charge in [-0.05, 0) is 32.4 Å². The number of thiazole rings is 1. The fourth-order valence-electron chi connectivity index (χ4n) is 1.67. The highest BCUT2D eigenvalue weighted by Gasteiger charge is 2.12. The van der Waals surface area contributed by atoms with Crippen molar-refractivity contribution in [3.63, 3.8) is 0 Å². The normalized spacial score (nSPS) is 12.4. The van der Waals surface area contributed by atoms with Gasteiger partial charge in [0.05, 0.1) is 5.69 Å². The van der Waals surface area contributed by atoms with Crippen LogP contribution in [0.4, 0.5) is 5.13 Å². The number of hydrogen-bond acceptors (Lipinski definition) is 4. The summed E-state index contributed by atoms with van der Waals surface area (Å²) in [5, 5.41) is 2.51. The molecule has 0 radical (unpaired) electrons. The van der Waals surface area contributed by atoms with Gasteiger partial charge in [-0.1, -0.05) is 17.7 Å². The van der Waals surface area contributed by atoms with Crippen LogP contribution in [0, 0.1) is 13.8 Å². The Bertz CT molecular complexity index is 522. The molecule has 0 aliphatic rings. The quantitative estimate of drug-likeness (QED) is 0.904. The molecule has 2 N–H and O–H groups in total. The average molecular weight is 248 g/mol. The summed E-state index contributed by atoms with van der Waals surface area (Å²) < 4.78 is 5.89. The van der Waals surface area contributed by atoms with Crippen LogP contribution in [0.3, 0.4) is 0 Å². The highest BCUT2D eigenvalue weighted by molar-refractivity contribution is 7.13. The number of aromatic nitrogens is 1. The van der Waals surface area contributed by atoms with Crippen molar-refractivity contribution in [2.24, 2.45) is 0 Å². The van der Waals surface area contributed by atoms with E-state index in [-0.39, 0.29) is 6.10 Å². The van der Waals surface area contributed by atoms with Gasteiger partial charge >= 0.3 is 0 Å². The van der Waals surface area contributed by atoms with Gasteiger partial charge in [-0.3, -0.25) is 0 Å². The van der Waals surface area contributed by atoms with Crippen molar-refractivity contribution in [2.75, 3.05) is 5.73 Å². The molecule has 0 saturated carbocycles. The fourth-order valence-corrected chi connectivity index (χ4v) is 2.31. The van der Waals surface area contributed by atoms with Crippen LogP contribution < -0.4 is 10.5 Å². The third kappa shape index (κ3) is 2.77. The standard InChI is InChI=1S/C13H16N2OS/c1-8-4-5-12(9(2)6-8)16-10(3)11-7-17-13(14)15-11/h4-7,10H,1-3H3,(H2,14,15). The lowest BCUT2D eigenvalue weighted by atomic mass is 10.1. The molecule has 2 rings (SSSR count). The van der Waals surface area contributed by atoms with Crippen LogP contribution in [0.2, 0.25) is 0 Å². The maximum absolute atomic E-state index is 5.89. The molecular weight excluding hydrogens is 232 g/mol. The largest absolute Gasteiger partial charge is 0.484 e. The van der Waals surface area contributed by atoms with Gasteiger partial charge in [-0.15, -0.1) is 11.3 Å². The van der Waals surface area contributed by atoms with Crippen molar-refractivity contribution in [1.29, 1.82) is 0 Å². The van der Waals surface area contributed by atoms with Gasteiger partial charge in [0.25, 0.3) is 0 Å². The minimum Gasteiger partial charge on any atom is -0.484 e. The van der Waals surface area contributed by atoms with Crippen LogP contribution in [0.15, 0.2) is 23.6 Å². The molecule has 17 heavy (non-hydrogen) atoms. The minimum atomic E-state index is -0.0787. The molecule has 0 amide bonds. The molecule has 0 fully saturated rings. The zero-order valence-corrected chi connectivity index (χ0v) is 11.0. The number of ether oxygens (including phenoxy) is 1. The molecule has 0 saturated heterocycles. The number of anilines is 1. The maximum Gasteiger partial charge on any atom is 0.180 e. The summed E-state index contributed by atoms with van der Waals surface area (Å²) >= 11 is 1.44. The number of hydrogen-bond donors (Lipinski definition) is 1. The van der Waals surface area contributed by atoms with E-state index in [1.165, 1.54) is 16.9 Å². The third-order valence-electron chi connectivity index (χ3n) is 2.59. The van der Waals surface area contributed by atoms with Crippen molar-refractivity contribution >= 4 is 16.5 Å². The Labute approximate surface area is 105 Å². The van der Waals surface area contributed by atoms with E-state index in [1.54, 1.807) is 0 Å². The molecule has 0 bridgehead atoms. The molecule has 1 aromatic heterocycles. The summed E-state index contributed by atoms with van der Waals surface area (Å²) in [6, 6.07) is 6.15. The van der Waals surface area contributed by atoms with Gasteiger partial charge in [-0.25, -0.2) is 4.98 Å². The van der Waals surface area contributed by atoms with Crippen LogP contribution in [0.25, 0.3) is 0 Å². The predicted molar refractivity (Wildman–Crippen MR) is 71.5 cm³/mol. The first-order valence-corrected chi connectivity index (χ1v) is 6.39. The molecule has 0 aliphatic carbocycles. The first-order valence-electron chi connectivity index (χ1n) is 5.51. The van der Waals surface area contributed by atoms with Crippen molar-refractivity contribution in [3.8, 4) is 5.75 Å². The monoisotopic (exact) mass is 248 g/mol. The lowest BCUT2D eigenvalue weighted by molar-refractivity contribution is 0.221. The number of nitrogens with zero attached hydrogens (tertiary/aromatic N) is 1. The number of nitrogens with two attached hydrogens (primary N) is 1. The van der Waals surface area contributed by atoms with E-state index in [0.717, 1.165) is 17.0 Å². The number of benzene rings is 1. The van der Waals surface area contributed by atoms with E-state index in [2.05, 4.69) is 18.0 Å². The Hall–Kier alpha value is -1.55. The summed E-state index contributed by atoms with van der Waals surface area (Å²) in [5.74, 6) is 0.898. The molecule has 0 aliphatic heterocycles. The van der Waals surface area contributed by atoms with E-state index in [1.807, 2.05) is 31.4 Å². The molecule has 1 unspecified atom stereocenters. The smallest absolute Gasteiger partial charge is 0.180 e. The minimum absolute atomic E-state index is 0.0787. The molecule has 2 aromatic rings. The molecule has 3 nitrogen and oxygen atoms in total. The highest BCUT2D eigenvalue weighted by atomic mass is 32.1. The Morgan fingerprint density at radius 1 is 1.35 bits per heavy atom. The summed E-state index contributed by atoms with van der Waals surface area (Å²) in [4.78, 5) is 4.23. The second-order valence-electron chi connectivity index (χ2n) is 4.14. The van der Waals surface area contributed by atoms with E-state index in [4.69, 9.17) is 10.5 Å². The second kappa shape index (κ2) is 4.75. The summed E-state index contributed by atoms with van der Waals surface area (Å²) in [6.07, 6.45) is -0.0787. The lowest BCUT2D eigenvalue weighted by Gasteiger charge is -2.14. The summed E-state index contributed by atoms with van der Waals surface area (Å²) in [5.41, 5.74) is 8.87. The molecule has 1 atom stereocenters. The first-order chi connectivity index (χ1) is 8.06. The molecule has 0 spiro atoms. The predicted octanol–water partition coefficient (Wildman–Crippen LogP) is 3.48. The van der Waals surface area contributed by atoms with Crippen LogP contribution in [-0.4, -0.2) is 4.98 Å². The van der Waals surface area contributed by atoms with Crippen molar-refractivity contribution in [2.45, 2.75) is 26.9 Å². The SMILES string of the molecule is Cc1ccc(OC(C)c2csc(N)n2)c(C)c1. The maximum atomic E-state index is 5.89. The lowest BCUT2D eigenvalue weighted by Crippen LogP contribution is -2.04. The number of rotatable bonds is 3.